The van der Waals surface area contributed by atoms with Gasteiger partial charge in [0.2, 0.25) is 10.0 Å². The number of nitrogen functional groups attached to an aromatic ring is 1. The Bertz CT molecular complexity index is 1620. The maximum absolute atomic E-state index is 13.2. The zero-order valence-corrected chi connectivity index (χ0v) is 25.2. The van der Waals surface area contributed by atoms with Crippen LogP contribution in [0, 0.1) is 0 Å². The van der Waals surface area contributed by atoms with Crippen molar-refractivity contribution in [3.8, 4) is 11.3 Å². The van der Waals surface area contributed by atoms with Gasteiger partial charge >= 0.3 is 12.1 Å². The number of halogens is 3. The second-order valence-corrected chi connectivity index (χ2v) is 13.0. The van der Waals surface area contributed by atoms with Gasteiger partial charge in [-0.1, -0.05) is 18.2 Å². The van der Waals surface area contributed by atoms with Gasteiger partial charge in [0.15, 0.2) is 0 Å². The SMILES string of the molecule is COC(=O)c1cccc(N)c1N1CCN(CC(O)Cn2nc(-c3ccc(C(F)(F)F)cc3)c3c2CCN(S(C)(=O)=O)C3)CC1. The topological polar surface area (TPSA) is 134 Å². The summed E-state index contributed by atoms with van der Waals surface area (Å²) in [4.78, 5) is 16.4. The van der Waals surface area contributed by atoms with Gasteiger partial charge in [0.25, 0.3) is 0 Å². The minimum atomic E-state index is -4.49. The number of methoxy groups -OCH3 is 1. The number of carbonyl (C=O) groups is 1. The molecular formula is C29H35F3N6O5S. The fourth-order valence-electron chi connectivity index (χ4n) is 5.85. The van der Waals surface area contributed by atoms with E-state index in [1.54, 1.807) is 22.9 Å². The summed E-state index contributed by atoms with van der Waals surface area (Å²) in [5.74, 6) is -0.469. The van der Waals surface area contributed by atoms with E-state index in [4.69, 9.17) is 10.5 Å². The highest BCUT2D eigenvalue weighted by atomic mass is 32.2. The number of aromatic nitrogens is 2. The lowest BCUT2D eigenvalue weighted by Gasteiger charge is -2.38. The number of piperazine rings is 1. The van der Waals surface area contributed by atoms with Gasteiger partial charge in [-0.3, -0.25) is 9.58 Å². The van der Waals surface area contributed by atoms with Gasteiger partial charge in [-0.2, -0.15) is 22.6 Å². The summed E-state index contributed by atoms with van der Waals surface area (Å²) in [5.41, 5.74) is 9.09. The Morgan fingerprint density at radius 2 is 1.75 bits per heavy atom. The molecule has 3 aromatic rings. The maximum atomic E-state index is 13.2. The van der Waals surface area contributed by atoms with Crippen molar-refractivity contribution in [2.24, 2.45) is 0 Å². The summed E-state index contributed by atoms with van der Waals surface area (Å²) in [6, 6.07) is 9.72. The third-order valence-corrected chi connectivity index (χ3v) is 9.32. The lowest BCUT2D eigenvalue weighted by molar-refractivity contribution is -0.137. The van der Waals surface area contributed by atoms with Crippen molar-refractivity contribution < 1.29 is 36.2 Å². The van der Waals surface area contributed by atoms with E-state index in [2.05, 4.69) is 10.00 Å². The van der Waals surface area contributed by atoms with Gasteiger partial charge in [0.05, 0.1) is 54.2 Å². The molecule has 0 amide bonds. The number of nitrogens with two attached hydrogens (primary N) is 1. The number of para-hydroxylation sites is 1. The molecule has 2 aromatic carbocycles. The largest absolute Gasteiger partial charge is 0.465 e. The highest BCUT2D eigenvalue weighted by Crippen LogP contribution is 2.35. The highest BCUT2D eigenvalue weighted by Gasteiger charge is 2.33. The molecule has 44 heavy (non-hydrogen) atoms. The van der Waals surface area contributed by atoms with Crippen LogP contribution in [0.5, 0.6) is 0 Å². The van der Waals surface area contributed by atoms with E-state index in [0.717, 1.165) is 24.1 Å². The van der Waals surface area contributed by atoms with Crippen molar-refractivity contribution in [1.82, 2.24) is 19.0 Å². The van der Waals surface area contributed by atoms with Gasteiger partial charge in [0, 0.05) is 69.1 Å². The van der Waals surface area contributed by atoms with Crippen LogP contribution in [0.15, 0.2) is 42.5 Å². The lowest BCUT2D eigenvalue weighted by atomic mass is 10.0. The minimum absolute atomic E-state index is 0.0404. The molecule has 0 aliphatic carbocycles. The van der Waals surface area contributed by atoms with E-state index in [0.29, 0.717) is 72.9 Å². The highest BCUT2D eigenvalue weighted by molar-refractivity contribution is 7.88. The van der Waals surface area contributed by atoms with E-state index in [1.165, 1.54) is 23.5 Å². The minimum Gasteiger partial charge on any atom is -0.465 e. The van der Waals surface area contributed by atoms with E-state index >= 15 is 0 Å². The molecule has 0 radical (unpaired) electrons. The summed E-state index contributed by atoms with van der Waals surface area (Å²) in [6.45, 7) is 3.08. The summed E-state index contributed by atoms with van der Waals surface area (Å²) in [5, 5.41) is 15.8. The summed E-state index contributed by atoms with van der Waals surface area (Å²) < 4.78 is 71.9. The number of hydrogen-bond acceptors (Lipinski definition) is 9. The number of carbonyl (C=O) groups excluding carboxylic acids is 1. The van der Waals surface area contributed by atoms with Gasteiger partial charge in [-0.25, -0.2) is 13.2 Å². The predicted molar refractivity (Wildman–Crippen MR) is 158 cm³/mol. The molecule has 0 spiro atoms. The van der Waals surface area contributed by atoms with Gasteiger partial charge < -0.3 is 20.5 Å². The third-order valence-electron chi connectivity index (χ3n) is 8.07. The Morgan fingerprint density at radius 3 is 2.36 bits per heavy atom. The van der Waals surface area contributed by atoms with E-state index < -0.39 is 33.8 Å². The van der Waals surface area contributed by atoms with E-state index in [1.807, 2.05) is 4.90 Å². The smallest absolute Gasteiger partial charge is 0.416 e. The Kier molecular flexibility index (Phi) is 8.94. The van der Waals surface area contributed by atoms with Crippen LogP contribution < -0.4 is 10.6 Å². The molecule has 2 aliphatic rings. The first-order valence-corrected chi connectivity index (χ1v) is 15.9. The Hall–Kier alpha value is -3.66. The number of rotatable bonds is 8. The number of sulfonamides is 1. The number of ether oxygens (including phenoxy) is 1. The van der Waals surface area contributed by atoms with Crippen LogP contribution in [0.1, 0.15) is 27.2 Å². The molecule has 0 bridgehead atoms. The molecule has 2 aliphatic heterocycles. The number of hydrogen-bond donors (Lipinski definition) is 2. The van der Waals surface area contributed by atoms with Crippen molar-refractivity contribution in [1.29, 1.82) is 0 Å². The number of anilines is 2. The Morgan fingerprint density at radius 1 is 1.07 bits per heavy atom. The number of aliphatic hydroxyl groups is 1. The maximum Gasteiger partial charge on any atom is 0.416 e. The van der Waals surface area contributed by atoms with Crippen molar-refractivity contribution >= 4 is 27.4 Å². The number of fused-ring (bicyclic) bond motifs is 1. The summed E-state index contributed by atoms with van der Waals surface area (Å²) >= 11 is 0. The molecule has 238 valence electrons. The van der Waals surface area contributed by atoms with Crippen LogP contribution >= 0.6 is 0 Å². The van der Waals surface area contributed by atoms with Crippen molar-refractivity contribution in [3.63, 3.8) is 0 Å². The van der Waals surface area contributed by atoms with Gasteiger partial charge in [-0.15, -0.1) is 0 Å². The second-order valence-electron chi connectivity index (χ2n) is 11.1. The first-order chi connectivity index (χ1) is 20.8. The molecule has 3 N–H and O–H groups in total. The zero-order chi connectivity index (χ0) is 31.8. The number of benzene rings is 2. The number of esters is 1. The average molecular weight is 637 g/mol. The van der Waals surface area contributed by atoms with Crippen LogP contribution in [-0.4, -0.2) is 97.2 Å². The molecule has 1 aromatic heterocycles. The number of β-amino-alcohol motifs (C(OH)–C–C–N with tert-alkyl or cyclic N) is 1. The third kappa shape index (κ3) is 6.70. The van der Waals surface area contributed by atoms with Crippen LogP contribution in [0.3, 0.4) is 0 Å². The number of alkyl halides is 3. The first kappa shape index (κ1) is 31.8. The molecule has 15 heteroatoms. The number of nitrogens with zero attached hydrogens (tertiary/aromatic N) is 5. The van der Waals surface area contributed by atoms with Crippen LogP contribution in [0.2, 0.25) is 0 Å². The van der Waals surface area contributed by atoms with Crippen molar-refractivity contribution in [2.75, 3.05) is 63.3 Å². The van der Waals surface area contributed by atoms with Crippen LogP contribution in [0.4, 0.5) is 24.5 Å². The molecule has 0 saturated carbocycles. The first-order valence-electron chi connectivity index (χ1n) is 14.1. The van der Waals surface area contributed by atoms with Crippen molar-refractivity contribution in [3.05, 3.63) is 64.8 Å². The van der Waals surface area contributed by atoms with Crippen molar-refractivity contribution in [2.45, 2.75) is 31.8 Å². The van der Waals surface area contributed by atoms with Gasteiger partial charge in [0.1, 0.15) is 0 Å². The lowest BCUT2D eigenvalue weighted by Crippen LogP contribution is -2.49. The normalized spacial score (nSPS) is 17.4. The Balaban J connectivity index is 1.31. The molecule has 3 heterocycles. The number of aliphatic hydroxyl groups excluding tert-OH is 1. The second kappa shape index (κ2) is 12.4. The molecule has 1 unspecified atom stereocenters. The standard InChI is InChI=1S/C29H35F3N6O5S/c1-43-28(40)22-4-3-5-24(33)27(22)36-14-12-35(13-15-36)16-21(39)17-38-25-10-11-37(44(2,41)42)18-23(25)26(34-38)19-6-8-20(9-7-19)29(30,31)32/h3-9,21,39H,10-18,33H2,1-2H3. The van der Waals surface area contributed by atoms with Gasteiger partial charge in [-0.05, 0) is 24.3 Å². The summed E-state index contributed by atoms with van der Waals surface area (Å²) in [6.07, 6.45) is -3.85. The fraction of sp³-hybridized carbons (Fsp3) is 0.448. The van der Waals surface area contributed by atoms with Crippen LogP contribution in [0.25, 0.3) is 11.3 Å². The monoisotopic (exact) mass is 636 g/mol. The molecule has 1 saturated heterocycles. The quantitative estimate of drug-likeness (QED) is 0.283. The molecule has 5 rings (SSSR count). The molecule has 11 nitrogen and oxygen atoms in total. The molecular weight excluding hydrogens is 601 g/mol. The molecule has 1 atom stereocenters. The zero-order valence-electron chi connectivity index (χ0n) is 24.4. The predicted octanol–water partition coefficient (Wildman–Crippen LogP) is 2.44. The van der Waals surface area contributed by atoms with Crippen LogP contribution in [-0.2, 0) is 40.4 Å². The molecule has 1 fully saturated rings. The summed E-state index contributed by atoms with van der Waals surface area (Å²) in [7, 11) is -2.19. The Labute approximate surface area is 253 Å². The van der Waals surface area contributed by atoms with E-state index in [9.17, 15) is 31.5 Å². The average Bonchev–Trinajstić information content (AvgIpc) is 3.33. The fourth-order valence-corrected chi connectivity index (χ4v) is 6.63. The van der Waals surface area contributed by atoms with E-state index in [-0.39, 0.29) is 19.6 Å².